The predicted octanol–water partition coefficient (Wildman–Crippen LogP) is 3.59. The molecule has 2 fully saturated rings. The third-order valence-electron chi connectivity index (χ3n) is 6.06. The van der Waals surface area contributed by atoms with Crippen LogP contribution in [-0.4, -0.2) is 47.8 Å². The second kappa shape index (κ2) is 8.34. The van der Waals surface area contributed by atoms with E-state index in [0.29, 0.717) is 17.9 Å². The van der Waals surface area contributed by atoms with Crippen LogP contribution in [0.1, 0.15) is 36.9 Å². The van der Waals surface area contributed by atoms with Crippen molar-refractivity contribution in [3.63, 3.8) is 0 Å². The van der Waals surface area contributed by atoms with E-state index < -0.39 is 17.5 Å². The fourth-order valence-corrected chi connectivity index (χ4v) is 4.55. The molecule has 0 spiro atoms. The van der Waals surface area contributed by atoms with Crippen molar-refractivity contribution < 1.29 is 19.1 Å². The minimum atomic E-state index is -1.22. The lowest BCUT2D eigenvalue weighted by molar-refractivity contribution is -0.139. The molecule has 0 saturated carbocycles. The Kier molecular flexibility index (Phi) is 5.75. The molecule has 0 bridgehead atoms. The van der Waals surface area contributed by atoms with Crippen LogP contribution < -0.4 is 10.1 Å². The predicted molar refractivity (Wildman–Crippen MR) is 118 cm³/mol. The summed E-state index contributed by atoms with van der Waals surface area (Å²) in [4.78, 5) is 41.7. The summed E-state index contributed by atoms with van der Waals surface area (Å²) >= 11 is 3.43. The minimum absolute atomic E-state index is 0.0469. The molecule has 2 aromatic carbocycles. The monoisotopic (exact) mass is 485 g/mol. The third-order valence-corrected chi connectivity index (χ3v) is 6.59. The quantitative estimate of drug-likeness (QED) is 0.656. The molecule has 162 valence electrons. The first-order valence-corrected chi connectivity index (χ1v) is 11.0. The van der Waals surface area contributed by atoms with Crippen LogP contribution in [0.5, 0.6) is 5.75 Å². The molecule has 2 unspecified atom stereocenters. The van der Waals surface area contributed by atoms with E-state index in [9.17, 15) is 14.4 Å². The number of nitrogens with one attached hydrogen (secondary N) is 1. The van der Waals surface area contributed by atoms with Crippen LogP contribution in [0.4, 0.5) is 4.79 Å². The molecule has 1 N–H and O–H groups in total. The van der Waals surface area contributed by atoms with Crippen molar-refractivity contribution in [1.82, 2.24) is 15.1 Å². The van der Waals surface area contributed by atoms with Crippen LogP contribution in [0, 0.1) is 0 Å². The number of rotatable bonds is 5. The smallest absolute Gasteiger partial charge is 0.325 e. The molecule has 4 amide bonds. The summed E-state index contributed by atoms with van der Waals surface area (Å²) < 4.78 is 6.14. The number of amides is 4. The van der Waals surface area contributed by atoms with E-state index >= 15 is 0 Å². The number of carbonyl (C=O) groups excluding carboxylic acids is 3. The van der Waals surface area contributed by atoms with Gasteiger partial charge in [-0.3, -0.25) is 14.5 Å². The Balaban J connectivity index is 1.50. The van der Waals surface area contributed by atoms with Gasteiger partial charge in [-0.2, -0.15) is 0 Å². The van der Waals surface area contributed by atoms with Gasteiger partial charge in [0.15, 0.2) is 0 Å². The van der Waals surface area contributed by atoms with Crippen molar-refractivity contribution in [3.8, 4) is 5.75 Å². The summed E-state index contributed by atoms with van der Waals surface area (Å²) in [6.45, 7) is 1.99. The van der Waals surface area contributed by atoms with Crippen molar-refractivity contribution in [2.24, 2.45) is 0 Å². The van der Waals surface area contributed by atoms with Gasteiger partial charge in [0.1, 0.15) is 17.8 Å². The maximum Gasteiger partial charge on any atom is 0.325 e. The van der Waals surface area contributed by atoms with Crippen molar-refractivity contribution in [2.45, 2.75) is 31.3 Å². The highest BCUT2D eigenvalue weighted by atomic mass is 79.9. The van der Waals surface area contributed by atoms with Crippen LogP contribution in [0.3, 0.4) is 0 Å². The van der Waals surface area contributed by atoms with Crippen LogP contribution in [0.2, 0.25) is 0 Å². The molecule has 2 heterocycles. The zero-order valence-corrected chi connectivity index (χ0v) is 19.0. The van der Waals surface area contributed by atoms with Gasteiger partial charge < -0.3 is 15.0 Å². The Labute approximate surface area is 189 Å². The first-order valence-electron chi connectivity index (χ1n) is 10.2. The lowest BCUT2D eigenvalue weighted by Crippen LogP contribution is -2.44. The van der Waals surface area contributed by atoms with Crippen LogP contribution in [0.15, 0.2) is 53.0 Å². The Morgan fingerprint density at radius 3 is 2.48 bits per heavy atom. The van der Waals surface area contributed by atoms with E-state index in [0.717, 1.165) is 27.8 Å². The largest absolute Gasteiger partial charge is 0.497 e. The van der Waals surface area contributed by atoms with Crippen molar-refractivity contribution >= 4 is 33.8 Å². The molecular formula is C23H24BrN3O4. The second-order valence-electron chi connectivity index (χ2n) is 7.97. The topological polar surface area (TPSA) is 79.0 Å². The van der Waals surface area contributed by atoms with E-state index in [2.05, 4.69) is 21.2 Å². The van der Waals surface area contributed by atoms with Crippen LogP contribution in [-0.2, 0) is 15.1 Å². The number of urea groups is 1. The molecule has 2 atom stereocenters. The number of imide groups is 1. The first-order chi connectivity index (χ1) is 14.8. The average molecular weight is 486 g/mol. The number of hydrogen-bond donors (Lipinski definition) is 1. The van der Waals surface area contributed by atoms with E-state index in [4.69, 9.17) is 4.74 Å². The Morgan fingerprint density at radius 1 is 1.16 bits per heavy atom. The van der Waals surface area contributed by atoms with Gasteiger partial charge in [0.25, 0.3) is 5.91 Å². The number of ether oxygens (including phenoxy) is 1. The lowest BCUT2D eigenvalue weighted by atomic mass is 9.92. The highest BCUT2D eigenvalue weighted by Gasteiger charge is 2.50. The van der Waals surface area contributed by atoms with Crippen molar-refractivity contribution in [2.75, 3.05) is 20.2 Å². The number of benzene rings is 2. The molecular weight excluding hydrogens is 462 g/mol. The SMILES string of the molecule is COc1ccc(C2(C)NC(=O)N(CC(=O)N3CCCC3c3ccc(Br)cc3)C2=O)cc1. The number of nitrogens with zero attached hydrogens (tertiary/aromatic N) is 2. The summed E-state index contributed by atoms with van der Waals surface area (Å²) in [6.07, 6.45) is 1.74. The zero-order valence-electron chi connectivity index (χ0n) is 17.4. The highest BCUT2D eigenvalue weighted by molar-refractivity contribution is 9.10. The minimum Gasteiger partial charge on any atom is -0.497 e. The van der Waals surface area contributed by atoms with Gasteiger partial charge in [0.2, 0.25) is 5.91 Å². The van der Waals surface area contributed by atoms with Gasteiger partial charge in [-0.1, -0.05) is 40.2 Å². The third kappa shape index (κ3) is 3.92. The molecule has 0 aromatic heterocycles. The van der Waals surface area contributed by atoms with Gasteiger partial charge >= 0.3 is 6.03 Å². The molecule has 2 aliphatic heterocycles. The highest BCUT2D eigenvalue weighted by Crippen LogP contribution is 2.34. The molecule has 0 radical (unpaired) electrons. The van der Waals surface area contributed by atoms with Gasteiger partial charge in [-0.25, -0.2) is 4.79 Å². The Hall–Kier alpha value is -2.87. The number of methoxy groups -OCH3 is 1. The molecule has 8 heteroatoms. The average Bonchev–Trinajstić information content (AvgIpc) is 3.34. The molecule has 31 heavy (non-hydrogen) atoms. The fourth-order valence-electron chi connectivity index (χ4n) is 4.28. The zero-order chi connectivity index (χ0) is 22.2. The van der Waals surface area contributed by atoms with E-state index in [1.807, 2.05) is 24.3 Å². The molecule has 2 aliphatic rings. The van der Waals surface area contributed by atoms with Gasteiger partial charge in [-0.15, -0.1) is 0 Å². The lowest BCUT2D eigenvalue weighted by Gasteiger charge is -2.27. The number of halogens is 1. The van der Waals surface area contributed by atoms with E-state index in [-0.39, 0.29) is 18.5 Å². The molecule has 2 saturated heterocycles. The summed E-state index contributed by atoms with van der Waals surface area (Å²) in [6, 6.07) is 14.2. The summed E-state index contributed by atoms with van der Waals surface area (Å²) in [5.74, 6) is -0.00696. The van der Waals surface area contributed by atoms with Gasteiger partial charge in [-0.05, 0) is 55.2 Å². The Bertz CT molecular complexity index is 1010. The number of hydrogen-bond acceptors (Lipinski definition) is 4. The fraction of sp³-hybridized carbons (Fsp3) is 0.348. The molecule has 4 rings (SSSR count). The maximum atomic E-state index is 13.2. The molecule has 0 aliphatic carbocycles. The molecule has 7 nitrogen and oxygen atoms in total. The maximum absolute atomic E-state index is 13.2. The second-order valence-corrected chi connectivity index (χ2v) is 8.89. The summed E-state index contributed by atoms with van der Waals surface area (Å²) in [5.41, 5.74) is 0.463. The summed E-state index contributed by atoms with van der Waals surface area (Å²) in [7, 11) is 1.56. The van der Waals surface area contributed by atoms with E-state index in [1.165, 1.54) is 0 Å². The van der Waals surface area contributed by atoms with Crippen LogP contribution >= 0.6 is 15.9 Å². The number of carbonyl (C=O) groups is 3. The normalized spacial score (nSPS) is 23.3. The van der Waals surface area contributed by atoms with Crippen molar-refractivity contribution in [1.29, 1.82) is 0 Å². The Morgan fingerprint density at radius 2 is 1.84 bits per heavy atom. The van der Waals surface area contributed by atoms with E-state index in [1.54, 1.807) is 43.2 Å². The van der Waals surface area contributed by atoms with Gasteiger partial charge in [0, 0.05) is 11.0 Å². The molecule has 2 aromatic rings. The standard InChI is InChI=1S/C23H24BrN3O4/c1-23(16-7-11-18(31-2)12-8-16)21(29)27(22(30)25-23)14-20(28)26-13-3-4-19(26)15-5-9-17(24)10-6-15/h5-12,19H,3-4,13-14H2,1-2H3,(H,25,30). The number of likely N-dealkylation sites (tertiary alicyclic amines) is 1. The first kappa shape index (κ1) is 21.4. The van der Waals surface area contributed by atoms with Crippen molar-refractivity contribution in [3.05, 3.63) is 64.1 Å². The summed E-state index contributed by atoms with van der Waals surface area (Å²) in [5, 5.41) is 2.75. The van der Waals surface area contributed by atoms with Crippen LogP contribution in [0.25, 0.3) is 0 Å². The van der Waals surface area contributed by atoms with Gasteiger partial charge in [0.05, 0.1) is 13.2 Å².